The van der Waals surface area contributed by atoms with Crippen molar-refractivity contribution in [2.24, 2.45) is 5.92 Å². The van der Waals surface area contributed by atoms with Crippen LogP contribution in [0.4, 0.5) is 0 Å². The van der Waals surface area contributed by atoms with Gasteiger partial charge in [-0.15, -0.1) is 0 Å². The molecule has 1 heterocycles. The summed E-state index contributed by atoms with van der Waals surface area (Å²) >= 11 is 0. The molecule has 22 heavy (non-hydrogen) atoms. The van der Waals surface area contributed by atoms with Crippen LogP contribution in [0.15, 0.2) is 66.4 Å². The molecule has 0 amide bonds. The van der Waals surface area contributed by atoms with Crippen LogP contribution in [0.2, 0.25) is 0 Å². The molecule has 0 saturated carbocycles. The number of carbonyl (C=O) groups is 1. The molecule has 1 aromatic carbocycles. The van der Waals surface area contributed by atoms with Crippen LogP contribution >= 0.6 is 0 Å². The monoisotopic (exact) mass is 293 g/mol. The van der Waals surface area contributed by atoms with Crippen LogP contribution in [-0.4, -0.2) is 5.78 Å². The Morgan fingerprint density at radius 1 is 1.14 bits per heavy atom. The van der Waals surface area contributed by atoms with Crippen LogP contribution < -0.4 is 4.73 Å². The van der Waals surface area contributed by atoms with Crippen molar-refractivity contribution < 1.29 is 9.52 Å². The van der Waals surface area contributed by atoms with Crippen molar-refractivity contribution in [3.63, 3.8) is 0 Å². The normalized spacial score (nSPS) is 21.2. The molecule has 0 unspecified atom stereocenters. The van der Waals surface area contributed by atoms with Crippen molar-refractivity contribution in [3.05, 3.63) is 82.8 Å². The number of hydrogen-bond acceptors (Lipinski definition) is 2. The SMILES string of the molecule is CC1=CC[C@H](C(=O)c2cccc[n+]2[O-])[C@@H](c2ccccc2)C1. The lowest BCUT2D eigenvalue weighted by atomic mass is 9.73. The van der Waals surface area contributed by atoms with E-state index in [1.165, 1.54) is 17.3 Å². The Hall–Kier alpha value is -2.42. The number of ketones is 1. The topological polar surface area (TPSA) is 44.0 Å². The van der Waals surface area contributed by atoms with Crippen molar-refractivity contribution in [1.82, 2.24) is 0 Å². The van der Waals surface area contributed by atoms with Gasteiger partial charge in [0.15, 0.2) is 6.20 Å². The van der Waals surface area contributed by atoms with Gasteiger partial charge in [-0.1, -0.05) is 42.0 Å². The Morgan fingerprint density at radius 2 is 1.86 bits per heavy atom. The first-order valence-corrected chi connectivity index (χ1v) is 7.60. The fourth-order valence-corrected chi connectivity index (χ4v) is 3.21. The van der Waals surface area contributed by atoms with Crippen LogP contribution in [-0.2, 0) is 0 Å². The van der Waals surface area contributed by atoms with Crippen LogP contribution in [0.25, 0.3) is 0 Å². The number of carbonyl (C=O) groups excluding carboxylic acids is 1. The van der Waals surface area contributed by atoms with Gasteiger partial charge in [0, 0.05) is 18.1 Å². The number of Topliss-reactive ketones (excluding diaryl/α,β-unsaturated/α-hetero) is 1. The number of hydrogen-bond donors (Lipinski definition) is 0. The Kier molecular flexibility index (Phi) is 4.05. The maximum absolute atomic E-state index is 12.9. The highest BCUT2D eigenvalue weighted by atomic mass is 16.5. The average Bonchev–Trinajstić information content (AvgIpc) is 2.55. The fourth-order valence-electron chi connectivity index (χ4n) is 3.21. The third-order valence-corrected chi connectivity index (χ3v) is 4.39. The van der Waals surface area contributed by atoms with E-state index in [1.807, 2.05) is 18.2 Å². The number of allylic oxidation sites excluding steroid dienone is 2. The predicted molar refractivity (Wildman–Crippen MR) is 85.4 cm³/mol. The molecule has 0 spiro atoms. The first-order chi connectivity index (χ1) is 10.7. The molecule has 112 valence electrons. The smallest absolute Gasteiger partial charge is 0.260 e. The number of benzene rings is 1. The lowest BCUT2D eigenvalue weighted by molar-refractivity contribution is -0.607. The van der Waals surface area contributed by atoms with Gasteiger partial charge in [0.25, 0.3) is 5.69 Å². The molecule has 0 saturated heterocycles. The van der Waals surface area contributed by atoms with E-state index in [0.717, 1.165) is 6.42 Å². The second-order valence-electron chi connectivity index (χ2n) is 5.89. The minimum absolute atomic E-state index is 0.0618. The summed E-state index contributed by atoms with van der Waals surface area (Å²) in [5.74, 6) is -0.0965. The summed E-state index contributed by atoms with van der Waals surface area (Å²) in [6, 6.07) is 15.1. The van der Waals surface area contributed by atoms with Crippen molar-refractivity contribution in [2.45, 2.75) is 25.7 Å². The van der Waals surface area contributed by atoms with E-state index in [9.17, 15) is 10.0 Å². The Labute approximate surface area is 130 Å². The van der Waals surface area contributed by atoms with E-state index < -0.39 is 0 Å². The molecule has 0 bridgehead atoms. The number of nitrogens with zero attached hydrogens (tertiary/aromatic N) is 1. The second kappa shape index (κ2) is 6.14. The molecular formula is C19H19NO2. The fraction of sp³-hybridized carbons (Fsp3) is 0.263. The molecule has 3 nitrogen and oxygen atoms in total. The third kappa shape index (κ3) is 2.80. The van der Waals surface area contributed by atoms with Gasteiger partial charge in [0.2, 0.25) is 5.78 Å². The minimum Gasteiger partial charge on any atom is -0.618 e. The van der Waals surface area contributed by atoms with Crippen molar-refractivity contribution in [3.8, 4) is 0 Å². The predicted octanol–water partition coefficient (Wildman–Crippen LogP) is 3.64. The number of aromatic nitrogens is 1. The summed E-state index contributed by atoms with van der Waals surface area (Å²) < 4.78 is 0.676. The zero-order chi connectivity index (χ0) is 15.5. The molecule has 0 N–H and O–H groups in total. The third-order valence-electron chi connectivity index (χ3n) is 4.39. The van der Waals surface area contributed by atoms with Crippen LogP contribution in [0, 0.1) is 11.1 Å². The summed E-state index contributed by atoms with van der Waals surface area (Å²) in [4.78, 5) is 12.9. The molecule has 0 fully saturated rings. The molecular weight excluding hydrogens is 274 g/mol. The van der Waals surface area contributed by atoms with Crippen LogP contribution in [0.5, 0.6) is 0 Å². The maximum Gasteiger partial charge on any atom is 0.260 e. The molecule has 2 atom stereocenters. The largest absolute Gasteiger partial charge is 0.618 e. The average molecular weight is 293 g/mol. The van der Waals surface area contributed by atoms with E-state index in [4.69, 9.17) is 0 Å². The van der Waals surface area contributed by atoms with E-state index >= 15 is 0 Å². The summed E-state index contributed by atoms with van der Waals surface area (Å²) in [6.45, 7) is 2.10. The van der Waals surface area contributed by atoms with Crippen LogP contribution in [0.3, 0.4) is 0 Å². The van der Waals surface area contributed by atoms with Gasteiger partial charge in [-0.25, -0.2) is 0 Å². The van der Waals surface area contributed by atoms with E-state index in [-0.39, 0.29) is 23.3 Å². The van der Waals surface area contributed by atoms with E-state index in [2.05, 4.69) is 25.1 Å². The van der Waals surface area contributed by atoms with Gasteiger partial charge in [0.1, 0.15) is 0 Å². The van der Waals surface area contributed by atoms with Gasteiger partial charge in [-0.05, 0) is 37.3 Å². The number of rotatable bonds is 3. The molecule has 0 radical (unpaired) electrons. The molecule has 3 rings (SSSR count). The molecule has 3 heteroatoms. The van der Waals surface area contributed by atoms with Gasteiger partial charge >= 0.3 is 0 Å². The zero-order valence-corrected chi connectivity index (χ0v) is 12.6. The van der Waals surface area contributed by atoms with Crippen molar-refractivity contribution in [1.29, 1.82) is 0 Å². The number of pyridine rings is 1. The highest BCUT2D eigenvalue weighted by Crippen LogP contribution is 2.38. The molecule has 0 aliphatic heterocycles. The lowest BCUT2D eigenvalue weighted by Crippen LogP contribution is -2.38. The second-order valence-corrected chi connectivity index (χ2v) is 5.89. The highest BCUT2D eigenvalue weighted by molar-refractivity contribution is 5.95. The van der Waals surface area contributed by atoms with Crippen molar-refractivity contribution >= 4 is 5.78 Å². The van der Waals surface area contributed by atoms with Gasteiger partial charge < -0.3 is 5.21 Å². The van der Waals surface area contributed by atoms with E-state index in [0.29, 0.717) is 11.2 Å². The first-order valence-electron chi connectivity index (χ1n) is 7.60. The standard InChI is InChI=1S/C19H19NO2/c1-14-10-11-16(17(13-14)15-7-3-2-4-8-15)19(21)18-9-5-6-12-20(18)22/h2-10,12,16-17H,11,13H2,1H3/t16-,17+/m0/s1. The van der Waals surface area contributed by atoms with Gasteiger partial charge in [-0.3, -0.25) is 4.79 Å². The molecule has 1 aliphatic carbocycles. The highest BCUT2D eigenvalue weighted by Gasteiger charge is 2.35. The van der Waals surface area contributed by atoms with Gasteiger partial charge in [-0.2, -0.15) is 4.73 Å². The summed E-state index contributed by atoms with van der Waals surface area (Å²) in [6.07, 6.45) is 5.07. The lowest BCUT2D eigenvalue weighted by Gasteiger charge is -2.29. The molecule has 1 aromatic heterocycles. The first kappa shape index (κ1) is 14.5. The Bertz CT molecular complexity index is 706. The van der Waals surface area contributed by atoms with Crippen LogP contribution in [0.1, 0.15) is 41.7 Å². The zero-order valence-electron chi connectivity index (χ0n) is 12.6. The summed E-state index contributed by atoms with van der Waals surface area (Å²) in [7, 11) is 0. The minimum atomic E-state index is -0.173. The Balaban J connectivity index is 1.97. The quantitative estimate of drug-likeness (QED) is 0.375. The summed E-state index contributed by atoms with van der Waals surface area (Å²) in [5, 5.41) is 11.9. The maximum atomic E-state index is 12.9. The van der Waals surface area contributed by atoms with E-state index in [1.54, 1.807) is 18.2 Å². The van der Waals surface area contributed by atoms with Gasteiger partial charge in [0.05, 0.1) is 0 Å². The summed E-state index contributed by atoms with van der Waals surface area (Å²) in [5.41, 5.74) is 2.71. The molecule has 2 aromatic rings. The van der Waals surface area contributed by atoms with Crippen molar-refractivity contribution in [2.75, 3.05) is 0 Å². The Morgan fingerprint density at radius 3 is 2.59 bits per heavy atom. The molecule has 1 aliphatic rings.